The second-order valence-corrected chi connectivity index (χ2v) is 14.0. The van der Waals surface area contributed by atoms with Gasteiger partial charge in [-0.1, -0.05) is 6.42 Å². The summed E-state index contributed by atoms with van der Waals surface area (Å²) in [6.45, 7) is -4.20. The normalized spacial score (nSPS) is 16.6. The predicted octanol–water partition coefficient (Wildman–Crippen LogP) is 5.34. The maximum Gasteiger partial charge on any atom is 0.306 e. The number of benzene rings is 3. The van der Waals surface area contributed by atoms with Gasteiger partial charge >= 0.3 is 20.2 Å². The van der Waals surface area contributed by atoms with Crippen LogP contribution < -0.4 is 13.1 Å². The molecule has 0 bridgehead atoms. The van der Waals surface area contributed by atoms with Crippen LogP contribution in [0.25, 0.3) is 20.5 Å². The first-order chi connectivity index (χ1) is 21.4. The molecule has 0 saturated carbocycles. The van der Waals surface area contributed by atoms with E-state index in [9.17, 15) is 21.6 Å². The van der Waals surface area contributed by atoms with Gasteiger partial charge in [0.2, 0.25) is 0 Å². The van der Waals surface area contributed by atoms with Crippen LogP contribution >= 0.6 is 11.3 Å². The van der Waals surface area contributed by atoms with Gasteiger partial charge in [0.25, 0.3) is 0 Å². The lowest BCUT2D eigenvalue weighted by Crippen LogP contribution is -2.33. The van der Waals surface area contributed by atoms with Crippen LogP contribution in [0.2, 0.25) is 0 Å². The summed E-state index contributed by atoms with van der Waals surface area (Å²) in [5.41, 5.74) is 1.11. The maximum absolute atomic E-state index is 14.0. The minimum atomic E-state index is -3.80. The smallest absolute Gasteiger partial charge is 0.306 e. The minimum absolute atomic E-state index is 0.0434. The van der Waals surface area contributed by atoms with E-state index in [1.165, 1.54) is 64.8 Å². The van der Waals surface area contributed by atoms with Crippen molar-refractivity contribution in [3.05, 3.63) is 77.9 Å². The summed E-state index contributed by atoms with van der Waals surface area (Å²) in [5.74, 6) is -0.197. The standard InChI is InChI=1S/C30H31NO8S3/c1-41(33,34)38-24-12-8-22(9-13-24)30-28(26-15-14-25(20-27(26)40-30)39-42(2,35)36)29(32)21-6-10-23(11-7-21)37-19-18-31-16-4-3-5-17-31/h6-15,20H,3-5,16-19H2,1-2H3/i18D2,19D2. The fourth-order valence-corrected chi connectivity index (χ4v) is 6.69. The molecule has 0 amide bonds. The average molecular weight is 634 g/mol. The lowest BCUT2D eigenvalue weighted by atomic mass is 9.97. The number of ketones is 1. The number of ether oxygens (including phenoxy) is 1. The molecular weight excluding hydrogens is 599 g/mol. The van der Waals surface area contributed by atoms with E-state index in [4.69, 9.17) is 18.6 Å². The topological polar surface area (TPSA) is 116 Å². The summed E-state index contributed by atoms with van der Waals surface area (Å²) in [7, 11) is -7.56. The van der Waals surface area contributed by atoms with Gasteiger partial charge in [-0.15, -0.1) is 11.3 Å². The first-order valence-electron chi connectivity index (χ1n) is 15.0. The van der Waals surface area contributed by atoms with E-state index >= 15 is 0 Å². The molecule has 4 aromatic rings. The summed E-state index contributed by atoms with van der Waals surface area (Å²) < 4.78 is 96.2. The van der Waals surface area contributed by atoms with Crippen LogP contribution in [0.3, 0.4) is 0 Å². The molecule has 222 valence electrons. The fourth-order valence-electron chi connectivity index (χ4n) is 4.54. The maximum atomic E-state index is 14.0. The fraction of sp³-hybridized carbons (Fsp3) is 0.300. The SMILES string of the molecule is [2H]C([2H])(Oc1ccc(C(=O)c2c(-c3ccc(OS(C)(=O)=O)cc3)sc3cc(OS(C)(=O)=O)ccc23)cc1)C([2H])([2H])N1CCCCC1. The second-order valence-electron chi connectivity index (χ2n) is 9.78. The molecule has 1 aliphatic rings. The van der Waals surface area contributed by atoms with Crippen LogP contribution in [0, 0.1) is 0 Å². The Hall–Kier alpha value is -3.45. The Labute approximate surface area is 255 Å². The van der Waals surface area contributed by atoms with Crippen molar-refractivity contribution in [1.82, 2.24) is 4.90 Å². The van der Waals surface area contributed by atoms with Crippen molar-refractivity contribution in [2.24, 2.45) is 0 Å². The molecule has 0 atom stereocenters. The molecule has 2 heterocycles. The third-order valence-electron chi connectivity index (χ3n) is 6.35. The summed E-state index contributed by atoms with van der Waals surface area (Å²) in [5, 5.41) is 0.522. The van der Waals surface area contributed by atoms with Crippen molar-refractivity contribution in [2.45, 2.75) is 19.3 Å². The lowest BCUT2D eigenvalue weighted by Gasteiger charge is -2.26. The molecule has 42 heavy (non-hydrogen) atoms. The third-order valence-corrected chi connectivity index (χ3v) is 8.54. The molecule has 1 aliphatic heterocycles. The summed E-state index contributed by atoms with van der Waals surface area (Å²) >= 11 is 1.21. The van der Waals surface area contributed by atoms with Gasteiger partial charge in [-0.25, -0.2) is 0 Å². The van der Waals surface area contributed by atoms with E-state index in [1.54, 1.807) is 18.2 Å². The van der Waals surface area contributed by atoms with E-state index in [0.29, 0.717) is 39.2 Å². The number of rotatable bonds is 11. The number of carbonyl (C=O) groups is 1. The van der Waals surface area contributed by atoms with Crippen molar-refractivity contribution >= 4 is 47.4 Å². The highest BCUT2D eigenvalue weighted by atomic mass is 32.2. The predicted molar refractivity (Wildman–Crippen MR) is 164 cm³/mol. The number of hydrogen-bond donors (Lipinski definition) is 0. The van der Waals surface area contributed by atoms with E-state index in [-0.39, 0.29) is 22.8 Å². The molecule has 9 nitrogen and oxygen atoms in total. The van der Waals surface area contributed by atoms with Gasteiger partial charge in [0.05, 0.1) is 15.3 Å². The van der Waals surface area contributed by atoms with Crippen LogP contribution in [0.4, 0.5) is 0 Å². The number of thiophene rings is 1. The molecule has 0 radical (unpaired) electrons. The Bertz CT molecular complexity index is 1970. The van der Waals surface area contributed by atoms with Crippen LogP contribution in [0.5, 0.6) is 17.2 Å². The highest BCUT2D eigenvalue weighted by Crippen LogP contribution is 2.42. The van der Waals surface area contributed by atoms with Gasteiger partial charge in [-0.2, -0.15) is 16.8 Å². The van der Waals surface area contributed by atoms with Crippen molar-refractivity contribution in [2.75, 3.05) is 38.7 Å². The molecule has 0 spiro atoms. The van der Waals surface area contributed by atoms with E-state index in [2.05, 4.69) is 0 Å². The van der Waals surface area contributed by atoms with Crippen molar-refractivity contribution in [1.29, 1.82) is 0 Å². The first-order valence-corrected chi connectivity index (χ1v) is 17.4. The number of nitrogens with zero attached hydrogens (tertiary/aromatic N) is 1. The summed E-state index contributed by atoms with van der Waals surface area (Å²) in [6, 6.07) is 16.4. The van der Waals surface area contributed by atoms with Gasteiger partial charge in [0.15, 0.2) is 5.78 Å². The molecule has 3 aromatic carbocycles. The first kappa shape index (κ1) is 25.1. The molecule has 1 fully saturated rings. The molecule has 5 rings (SSSR count). The Morgan fingerprint density at radius 2 is 1.43 bits per heavy atom. The van der Waals surface area contributed by atoms with Crippen LogP contribution in [-0.2, 0) is 20.2 Å². The van der Waals surface area contributed by atoms with Crippen LogP contribution in [-0.4, -0.2) is 66.2 Å². The monoisotopic (exact) mass is 633 g/mol. The zero-order chi connectivity index (χ0) is 33.5. The highest BCUT2D eigenvalue weighted by Gasteiger charge is 2.23. The molecule has 0 unspecified atom stereocenters. The van der Waals surface area contributed by atoms with E-state index in [1.807, 2.05) is 0 Å². The lowest BCUT2D eigenvalue weighted by molar-refractivity contribution is 0.104. The Balaban J connectivity index is 1.49. The Morgan fingerprint density at radius 1 is 0.833 bits per heavy atom. The zero-order valence-electron chi connectivity index (χ0n) is 26.8. The molecule has 0 N–H and O–H groups in total. The van der Waals surface area contributed by atoms with E-state index in [0.717, 1.165) is 31.8 Å². The van der Waals surface area contributed by atoms with Gasteiger partial charge < -0.3 is 13.1 Å². The largest absolute Gasteiger partial charge is 0.492 e. The number of likely N-dealkylation sites (tertiary alicyclic amines) is 1. The molecule has 0 aliphatic carbocycles. The summed E-state index contributed by atoms with van der Waals surface area (Å²) in [6.07, 6.45) is 4.36. The number of fused-ring (bicyclic) bond motifs is 1. The quantitative estimate of drug-likeness (QED) is 0.159. The van der Waals surface area contributed by atoms with Crippen molar-refractivity contribution < 1.29 is 40.2 Å². The van der Waals surface area contributed by atoms with Crippen LogP contribution in [0.1, 0.15) is 40.7 Å². The summed E-state index contributed by atoms with van der Waals surface area (Å²) in [4.78, 5) is 16.0. The highest BCUT2D eigenvalue weighted by molar-refractivity contribution is 7.86. The number of piperidine rings is 1. The molecule has 12 heteroatoms. The third kappa shape index (κ3) is 7.68. The second kappa shape index (κ2) is 12.4. The Morgan fingerprint density at radius 3 is 2.07 bits per heavy atom. The van der Waals surface area contributed by atoms with Crippen LogP contribution in [0.15, 0.2) is 66.7 Å². The Kier molecular flexibility index (Phi) is 7.42. The molecule has 1 aromatic heterocycles. The number of carbonyl (C=O) groups excluding carboxylic acids is 1. The van der Waals surface area contributed by atoms with Gasteiger partial charge in [0, 0.05) is 35.3 Å². The molecular formula is C30H31NO8S3. The number of hydrogen-bond acceptors (Lipinski definition) is 10. The van der Waals surface area contributed by atoms with E-state index < -0.39 is 39.1 Å². The van der Waals surface area contributed by atoms with Crippen molar-refractivity contribution in [3.63, 3.8) is 0 Å². The zero-order valence-corrected chi connectivity index (χ0v) is 25.3. The van der Waals surface area contributed by atoms with Gasteiger partial charge in [-0.05, 0) is 98.2 Å². The molecule has 1 saturated heterocycles. The van der Waals surface area contributed by atoms with Crippen molar-refractivity contribution in [3.8, 4) is 27.7 Å². The van der Waals surface area contributed by atoms with Gasteiger partial charge in [-0.3, -0.25) is 9.69 Å². The average Bonchev–Trinajstić information content (AvgIpc) is 3.35. The minimum Gasteiger partial charge on any atom is -0.492 e. The van der Waals surface area contributed by atoms with Gasteiger partial charge in [0.1, 0.15) is 23.8 Å².